The second-order valence-corrected chi connectivity index (χ2v) is 4.41. The predicted octanol–water partition coefficient (Wildman–Crippen LogP) is 3.26. The molecule has 9 nitrogen and oxygen atoms in total. The van der Waals surface area contributed by atoms with E-state index in [-0.39, 0.29) is 22.8 Å². The standard InChI is InChI=1S/C14H13N3O6/c1-22-13-7-11(12(17(20)21)8-14(13)23-2)15-9-3-5-10(6-4-9)16(18)19/h3-8,15H,1-2H3. The molecule has 0 saturated carbocycles. The summed E-state index contributed by atoms with van der Waals surface area (Å²) in [4.78, 5) is 20.8. The number of nitro benzene ring substituents is 2. The maximum atomic E-state index is 11.2. The summed E-state index contributed by atoms with van der Waals surface area (Å²) in [6.45, 7) is 0. The monoisotopic (exact) mass is 319 g/mol. The zero-order chi connectivity index (χ0) is 17.0. The van der Waals surface area contributed by atoms with Crippen LogP contribution in [0.5, 0.6) is 11.5 Å². The van der Waals surface area contributed by atoms with Crippen molar-refractivity contribution in [1.82, 2.24) is 0 Å². The van der Waals surface area contributed by atoms with E-state index in [2.05, 4.69) is 5.32 Å². The maximum Gasteiger partial charge on any atom is 0.296 e. The summed E-state index contributed by atoms with van der Waals surface area (Å²) in [7, 11) is 2.80. The smallest absolute Gasteiger partial charge is 0.296 e. The first-order valence-corrected chi connectivity index (χ1v) is 6.38. The van der Waals surface area contributed by atoms with Gasteiger partial charge >= 0.3 is 0 Å². The van der Waals surface area contributed by atoms with Gasteiger partial charge in [-0.25, -0.2) is 0 Å². The normalized spacial score (nSPS) is 10.0. The number of methoxy groups -OCH3 is 2. The number of nitro groups is 2. The Bertz CT molecular complexity index is 745. The van der Waals surface area contributed by atoms with Crippen molar-refractivity contribution >= 4 is 22.7 Å². The van der Waals surface area contributed by atoms with Crippen LogP contribution in [0, 0.1) is 20.2 Å². The Morgan fingerprint density at radius 1 is 0.913 bits per heavy atom. The molecule has 2 aromatic carbocycles. The second-order valence-electron chi connectivity index (χ2n) is 4.41. The fourth-order valence-electron chi connectivity index (χ4n) is 1.94. The van der Waals surface area contributed by atoms with Gasteiger partial charge in [0.05, 0.1) is 30.1 Å². The lowest BCUT2D eigenvalue weighted by Crippen LogP contribution is -2.00. The largest absolute Gasteiger partial charge is 0.493 e. The molecule has 0 fully saturated rings. The van der Waals surface area contributed by atoms with Crippen LogP contribution < -0.4 is 14.8 Å². The third-order valence-corrected chi connectivity index (χ3v) is 3.06. The van der Waals surface area contributed by atoms with Crippen LogP contribution in [0.3, 0.4) is 0 Å². The van der Waals surface area contributed by atoms with Crippen molar-refractivity contribution in [1.29, 1.82) is 0 Å². The van der Waals surface area contributed by atoms with E-state index in [1.54, 1.807) is 0 Å². The highest BCUT2D eigenvalue weighted by Gasteiger charge is 2.20. The lowest BCUT2D eigenvalue weighted by atomic mass is 10.2. The summed E-state index contributed by atoms with van der Waals surface area (Å²) < 4.78 is 10.2. The molecule has 0 aliphatic rings. The first kappa shape index (κ1) is 16.0. The molecule has 120 valence electrons. The third-order valence-electron chi connectivity index (χ3n) is 3.06. The van der Waals surface area contributed by atoms with Gasteiger partial charge in [-0.05, 0) is 12.1 Å². The molecule has 0 heterocycles. The average Bonchev–Trinajstić information content (AvgIpc) is 2.54. The third kappa shape index (κ3) is 3.46. The molecule has 0 amide bonds. The van der Waals surface area contributed by atoms with Crippen LogP contribution in [0.4, 0.5) is 22.7 Å². The average molecular weight is 319 g/mol. The second kappa shape index (κ2) is 6.60. The van der Waals surface area contributed by atoms with E-state index in [4.69, 9.17) is 9.47 Å². The number of benzene rings is 2. The molecule has 0 aliphatic heterocycles. The summed E-state index contributed by atoms with van der Waals surface area (Å²) >= 11 is 0. The Kier molecular flexibility index (Phi) is 4.60. The fraction of sp³-hybridized carbons (Fsp3) is 0.143. The van der Waals surface area contributed by atoms with Gasteiger partial charge < -0.3 is 14.8 Å². The van der Waals surface area contributed by atoms with Crippen molar-refractivity contribution in [2.75, 3.05) is 19.5 Å². The Labute approximate surface area is 130 Å². The van der Waals surface area contributed by atoms with Crippen LogP contribution in [-0.4, -0.2) is 24.1 Å². The van der Waals surface area contributed by atoms with E-state index < -0.39 is 9.85 Å². The highest BCUT2D eigenvalue weighted by molar-refractivity contribution is 5.74. The molecule has 0 aromatic heterocycles. The molecule has 0 radical (unpaired) electrons. The molecule has 0 saturated heterocycles. The van der Waals surface area contributed by atoms with Crippen molar-refractivity contribution < 1.29 is 19.3 Å². The van der Waals surface area contributed by atoms with Gasteiger partial charge in [0, 0.05) is 23.9 Å². The highest BCUT2D eigenvalue weighted by Crippen LogP contribution is 2.38. The molecular formula is C14H13N3O6. The van der Waals surface area contributed by atoms with Crippen LogP contribution in [0.15, 0.2) is 36.4 Å². The number of rotatable bonds is 6. The summed E-state index contributed by atoms with van der Waals surface area (Å²) in [6.07, 6.45) is 0. The molecule has 0 aliphatic carbocycles. The summed E-state index contributed by atoms with van der Waals surface area (Å²) in [5.41, 5.74) is 0.366. The van der Waals surface area contributed by atoms with E-state index in [1.165, 1.54) is 50.6 Å². The van der Waals surface area contributed by atoms with Crippen molar-refractivity contribution in [3.8, 4) is 11.5 Å². The van der Waals surface area contributed by atoms with Gasteiger partial charge in [-0.3, -0.25) is 20.2 Å². The first-order valence-electron chi connectivity index (χ1n) is 6.38. The van der Waals surface area contributed by atoms with E-state index in [9.17, 15) is 20.2 Å². The van der Waals surface area contributed by atoms with Gasteiger partial charge in [-0.15, -0.1) is 0 Å². The van der Waals surface area contributed by atoms with Crippen LogP contribution in [-0.2, 0) is 0 Å². The molecule has 0 atom stereocenters. The summed E-state index contributed by atoms with van der Waals surface area (Å²) in [5.74, 6) is 0.552. The van der Waals surface area contributed by atoms with Gasteiger partial charge in [-0.1, -0.05) is 0 Å². The Morgan fingerprint density at radius 2 is 1.48 bits per heavy atom. The minimum absolute atomic E-state index is 0.0719. The number of nitrogens with one attached hydrogen (secondary N) is 1. The summed E-state index contributed by atoms with van der Waals surface area (Å²) in [6, 6.07) is 8.19. The van der Waals surface area contributed by atoms with Crippen molar-refractivity contribution in [2.24, 2.45) is 0 Å². The zero-order valence-electron chi connectivity index (χ0n) is 12.3. The number of ether oxygens (including phenoxy) is 2. The number of non-ortho nitro benzene ring substituents is 1. The van der Waals surface area contributed by atoms with Crippen molar-refractivity contribution in [3.05, 3.63) is 56.6 Å². The molecule has 0 unspecified atom stereocenters. The quantitative estimate of drug-likeness (QED) is 0.641. The Balaban J connectivity index is 2.41. The van der Waals surface area contributed by atoms with E-state index in [0.29, 0.717) is 11.4 Å². The molecular weight excluding hydrogens is 306 g/mol. The number of nitrogens with zero attached hydrogens (tertiary/aromatic N) is 2. The Morgan fingerprint density at radius 3 is 1.96 bits per heavy atom. The molecule has 0 bridgehead atoms. The van der Waals surface area contributed by atoms with Gasteiger partial charge in [0.25, 0.3) is 11.4 Å². The lowest BCUT2D eigenvalue weighted by molar-refractivity contribution is -0.384. The highest BCUT2D eigenvalue weighted by atomic mass is 16.6. The molecule has 1 N–H and O–H groups in total. The SMILES string of the molecule is COc1cc(Nc2ccc([N+](=O)[O-])cc2)c([N+](=O)[O-])cc1OC. The van der Waals surface area contributed by atoms with E-state index >= 15 is 0 Å². The van der Waals surface area contributed by atoms with Crippen molar-refractivity contribution in [2.45, 2.75) is 0 Å². The molecule has 0 spiro atoms. The lowest BCUT2D eigenvalue weighted by Gasteiger charge is -2.12. The van der Waals surface area contributed by atoms with Gasteiger partial charge in [0.2, 0.25) is 0 Å². The topological polar surface area (TPSA) is 117 Å². The Hall–Kier alpha value is -3.36. The number of anilines is 2. The van der Waals surface area contributed by atoms with Crippen LogP contribution >= 0.6 is 0 Å². The zero-order valence-corrected chi connectivity index (χ0v) is 12.3. The van der Waals surface area contributed by atoms with Crippen molar-refractivity contribution in [3.63, 3.8) is 0 Å². The maximum absolute atomic E-state index is 11.2. The molecule has 2 rings (SSSR count). The van der Waals surface area contributed by atoms with Gasteiger partial charge in [-0.2, -0.15) is 0 Å². The van der Waals surface area contributed by atoms with Crippen LogP contribution in [0.2, 0.25) is 0 Å². The molecule has 23 heavy (non-hydrogen) atoms. The van der Waals surface area contributed by atoms with Crippen LogP contribution in [0.25, 0.3) is 0 Å². The van der Waals surface area contributed by atoms with E-state index in [0.717, 1.165) is 0 Å². The number of hydrogen-bond donors (Lipinski definition) is 1. The molecule has 2 aromatic rings. The first-order chi connectivity index (χ1) is 11.0. The molecule has 9 heteroatoms. The van der Waals surface area contributed by atoms with Crippen LogP contribution in [0.1, 0.15) is 0 Å². The van der Waals surface area contributed by atoms with Gasteiger partial charge in [0.1, 0.15) is 5.69 Å². The van der Waals surface area contributed by atoms with Gasteiger partial charge in [0.15, 0.2) is 11.5 Å². The predicted molar refractivity (Wildman–Crippen MR) is 82.6 cm³/mol. The fourth-order valence-corrected chi connectivity index (χ4v) is 1.94. The minimum Gasteiger partial charge on any atom is -0.493 e. The summed E-state index contributed by atoms with van der Waals surface area (Å²) in [5, 5.41) is 24.7. The minimum atomic E-state index is -0.560. The van der Waals surface area contributed by atoms with E-state index in [1.807, 2.05) is 0 Å². The number of hydrogen-bond acceptors (Lipinski definition) is 7.